The second-order valence-corrected chi connectivity index (χ2v) is 10.1. The number of hydrogen-bond donors (Lipinski definition) is 1. The number of unbranched alkanes of at least 4 members (excludes halogenated alkanes) is 12. The molecule has 0 aliphatic carbocycles. The van der Waals surface area contributed by atoms with Crippen LogP contribution in [0.1, 0.15) is 156 Å². The summed E-state index contributed by atoms with van der Waals surface area (Å²) >= 11 is 0. The Balaban J connectivity index is 3.22. The van der Waals surface area contributed by atoms with E-state index in [0.29, 0.717) is 0 Å². The summed E-state index contributed by atoms with van der Waals surface area (Å²) in [6.45, 7) is 12.0. The largest absolute Gasteiger partial charge is 0.317 e. The molecule has 0 aliphatic heterocycles. The minimum Gasteiger partial charge on any atom is -0.317 e. The summed E-state index contributed by atoms with van der Waals surface area (Å²) in [5.41, 5.74) is 0. The normalized spacial score (nSPS) is 13.7. The maximum absolute atomic E-state index is 3.68. The predicted molar refractivity (Wildman–Crippen MR) is 135 cm³/mol. The highest BCUT2D eigenvalue weighted by Gasteiger charge is 2.03. The van der Waals surface area contributed by atoms with Crippen molar-refractivity contribution in [1.29, 1.82) is 0 Å². The highest BCUT2D eigenvalue weighted by atomic mass is 14.8. The molecule has 0 aliphatic rings. The lowest BCUT2D eigenvalue weighted by Crippen LogP contribution is -2.17. The molecule has 2 unspecified atom stereocenters. The number of nitrogens with one attached hydrogen (secondary N) is 1. The molecule has 1 N–H and O–H groups in total. The SMILES string of the molecule is CCCCCCCCC(C)CCCCNCCCCC(C)CCCCCCCC. The van der Waals surface area contributed by atoms with Crippen molar-refractivity contribution in [3.8, 4) is 0 Å². The highest BCUT2D eigenvalue weighted by Crippen LogP contribution is 2.18. The van der Waals surface area contributed by atoms with Gasteiger partial charge in [-0.05, 0) is 37.8 Å². The number of hydrogen-bond acceptors (Lipinski definition) is 1. The third kappa shape index (κ3) is 24.1. The predicted octanol–water partition coefficient (Wildman–Crippen LogP) is 9.69. The van der Waals surface area contributed by atoms with Gasteiger partial charge in [-0.15, -0.1) is 0 Å². The monoisotopic (exact) mass is 409 g/mol. The second-order valence-electron chi connectivity index (χ2n) is 10.1. The Kier molecular flexibility index (Phi) is 24.2. The van der Waals surface area contributed by atoms with Gasteiger partial charge in [0.1, 0.15) is 0 Å². The van der Waals surface area contributed by atoms with Gasteiger partial charge in [-0.1, -0.05) is 143 Å². The van der Waals surface area contributed by atoms with Gasteiger partial charge in [0.25, 0.3) is 0 Å². The molecule has 0 aromatic rings. The van der Waals surface area contributed by atoms with Crippen LogP contribution < -0.4 is 5.32 Å². The highest BCUT2D eigenvalue weighted by molar-refractivity contribution is 4.58. The zero-order valence-corrected chi connectivity index (χ0v) is 21.2. The third-order valence-corrected chi connectivity index (χ3v) is 6.70. The van der Waals surface area contributed by atoms with Crippen molar-refractivity contribution in [2.24, 2.45) is 11.8 Å². The van der Waals surface area contributed by atoms with Gasteiger partial charge in [0.05, 0.1) is 0 Å². The molecule has 0 saturated carbocycles. The van der Waals surface area contributed by atoms with E-state index in [1.807, 2.05) is 0 Å². The topological polar surface area (TPSA) is 12.0 Å². The van der Waals surface area contributed by atoms with Crippen LogP contribution in [-0.4, -0.2) is 13.1 Å². The first kappa shape index (κ1) is 29.0. The molecule has 0 aromatic carbocycles. The molecule has 0 radical (unpaired) electrons. The summed E-state index contributed by atoms with van der Waals surface area (Å²) in [7, 11) is 0. The van der Waals surface area contributed by atoms with Crippen LogP contribution in [0, 0.1) is 11.8 Å². The van der Waals surface area contributed by atoms with E-state index in [-0.39, 0.29) is 0 Å². The fourth-order valence-electron chi connectivity index (χ4n) is 4.45. The molecule has 2 atom stereocenters. The lowest BCUT2D eigenvalue weighted by atomic mass is 9.96. The van der Waals surface area contributed by atoms with E-state index in [1.165, 1.54) is 142 Å². The number of rotatable bonds is 24. The van der Waals surface area contributed by atoms with Crippen LogP contribution in [0.15, 0.2) is 0 Å². The molecule has 1 heteroatoms. The van der Waals surface area contributed by atoms with Crippen LogP contribution in [0.2, 0.25) is 0 Å². The first-order valence-corrected chi connectivity index (χ1v) is 13.9. The molecule has 0 fully saturated rings. The van der Waals surface area contributed by atoms with Crippen molar-refractivity contribution in [2.75, 3.05) is 13.1 Å². The minimum absolute atomic E-state index is 0.939. The van der Waals surface area contributed by atoms with Crippen molar-refractivity contribution < 1.29 is 0 Å². The Hall–Kier alpha value is -0.0400. The van der Waals surface area contributed by atoms with Crippen LogP contribution in [-0.2, 0) is 0 Å². The fourth-order valence-corrected chi connectivity index (χ4v) is 4.45. The average Bonchev–Trinajstić information content (AvgIpc) is 2.71. The van der Waals surface area contributed by atoms with Gasteiger partial charge < -0.3 is 5.32 Å². The summed E-state index contributed by atoms with van der Waals surface area (Å²) < 4.78 is 0. The summed E-state index contributed by atoms with van der Waals surface area (Å²) in [4.78, 5) is 0. The summed E-state index contributed by atoms with van der Waals surface area (Å²) in [5.74, 6) is 1.88. The summed E-state index contributed by atoms with van der Waals surface area (Å²) in [6, 6.07) is 0. The van der Waals surface area contributed by atoms with Crippen molar-refractivity contribution in [2.45, 2.75) is 156 Å². The van der Waals surface area contributed by atoms with E-state index in [0.717, 1.165) is 11.8 Å². The van der Waals surface area contributed by atoms with E-state index in [1.54, 1.807) is 0 Å². The third-order valence-electron chi connectivity index (χ3n) is 6.70. The van der Waals surface area contributed by atoms with E-state index in [2.05, 4.69) is 33.0 Å². The van der Waals surface area contributed by atoms with Gasteiger partial charge in [-0.3, -0.25) is 0 Å². The van der Waals surface area contributed by atoms with Gasteiger partial charge in [0.2, 0.25) is 0 Å². The second kappa shape index (κ2) is 24.2. The molecular formula is C28H59N. The Labute approximate surface area is 186 Å². The molecule has 0 rings (SSSR count). The summed E-state index contributed by atoms with van der Waals surface area (Å²) in [6.07, 6.45) is 28.6. The Morgan fingerprint density at radius 3 is 1.10 bits per heavy atom. The van der Waals surface area contributed by atoms with Crippen molar-refractivity contribution >= 4 is 0 Å². The van der Waals surface area contributed by atoms with Gasteiger partial charge >= 0.3 is 0 Å². The molecule has 0 spiro atoms. The molecule has 0 aromatic heterocycles. The van der Waals surface area contributed by atoms with E-state index in [4.69, 9.17) is 0 Å². The van der Waals surface area contributed by atoms with Gasteiger partial charge in [0.15, 0.2) is 0 Å². The molecule has 176 valence electrons. The molecule has 0 heterocycles. The maximum atomic E-state index is 3.68. The molecule has 0 bridgehead atoms. The van der Waals surface area contributed by atoms with Crippen LogP contribution in [0.4, 0.5) is 0 Å². The quantitative estimate of drug-likeness (QED) is 0.156. The van der Waals surface area contributed by atoms with Crippen LogP contribution in [0.25, 0.3) is 0 Å². The van der Waals surface area contributed by atoms with Crippen LogP contribution in [0.3, 0.4) is 0 Å². The van der Waals surface area contributed by atoms with Crippen molar-refractivity contribution in [3.63, 3.8) is 0 Å². The fraction of sp³-hybridized carbons (Fsp3) is 1.00. The zero-order chi connectivity index (χ0) is 21.4. The Morgan fingerprint density at radius 2 is 0.724 bits per heavy atom. The van der Waals surface area contributed by atoms with E-state index >= 15 is 0 Å². The lowest BCUT2D eigenvalue weighted by molar-refractivity contribution is 0.426. The standard InChI is InChI=1S/C28H59N/c1-5-7-9-11-13-15-21-27(3)23-17-19-25-29-26-20-18-24-28(4)22-16-14-12-10-8-6-2/h27-29H,5-26H2,1-4H3. The van der Waals surface area contributed by atoms with Gasteiger partial charge in [-0.25, -0.2) is 0 Å². The van der Waals surface area contributed by atoms with E-state index < -0.39 is 0 Å². The zero-order valence-electron chi connectivity index (χ0n) is 21.2. The Bertz CT molecular complexity index is 260. The first-order chi connectivity index (χ1) is 14.2. The molecule has 29 heavy (non-hydrogen) atoms. The van der Waals surface area contributed by atoms with Gasteiger partial charge in [0, 0.05) is 0 Å². The lowest BCUT2D eigenvalue weighted by Gasteiger charge is -2.12. The van der Waals surface area contributed by atoms with E-state index in [9.17, 15) is 0 Å². The van der Waals surface area contributed by atoms with Crippen molar-refractivity contribution in [1.82, 2.24) is 5.32 Å². The Morgan fingerprint density at radius 1 is 0.414 bits per heavy atom. The molecule has 0 saturated heterocycles. The molecular weight excluding hydrogens is 350 g/mol. The van der Waals surface area contributed by atoms with Crippen LogP contribution >= 0.6 is 0 Å². The van der Waals surface area contributed by atoms with Gasteiger partial charge in [-0.2, -0.15) is 0 Å². The first-order valence-electron chi connectivity index (χ1n) is 13.9. The smallest absolute Gasteiger partial charge is 0.00489 e. The molecule has 1 nitrogen and oxygen atoms in total. The summed E-state index contributed by atoms with van der Waals surface area (Å²) in [5, 5.41) is 3.68. The van der Waals surface area contributed by atoms with Crippen molar-refractivity contribution in [3.05, 3.63) is 0 Å². The maximum Gasteiger partial charge on any atom is -0.00489 e. The minimum atomic E-state index is 0.939. The molecule has 0 amide bonds. The average molecular weight is 410 g/mol. The van der Waals surface area contributed by atoms with Crippen LogP contribution in [0.5, 0.6) is 0 Å².